The summed E-state index contributed by atoms with van der Waals surface area (Å²) in [5.74, 6) is 1.12. The van der Waals surface area contributed by atoms with Crippen molar-refractivity contribution in [3.8, 4) is 0 Å². The number of aryl methyl sites for hydroxylation is 1. The van der Waals surface area contributed by atoms with Gasteiger partial charge in [0.25, 0.3) is 0 Å². The molecule has 3 rings (SSSR count). The molecule has 1 aromatic heterocycles. The van der Waals surface area contributed by atoms with E-state index in [0.717, 1.165) is 13.1 Å². The van der Waals surface area contributed by atoms with E-state index in [1.807, 2.05) is 49.7 Å². The number of hydrogen-bond donors (Lipinski definition) is 1. The van der Waals surface area contributed by atoms with Gasteiger partial charge in [-0.3, -0.25) is 4.68 Å². The van der Waals surface area contributed by atoms with E-state index in [-0.39, 0.29) is 12.1 Å². The van der Waals surface area contributed by atoms with E-state index in [4.69, 9.17) is 4.74 Å². The Kier molecular flexibility index (Phi) is 3.67. The van der Waals surface area contributed by atoms with Crippen LogP contribution in [0.4, 0.5) is 4.79 Å². The summed E-state index contributed by atoms with van der Waals surface area (Å²) in [5.41, 5.74) is 0.768. The van der Waals surface area contributed by atoms with E-state index in [9.17, 15) is 4.79 Å². The predicted molar refractivity (Wildman–Crippen MR) is 83.3 cm³/mol. The maximum atomic E-state index is 12.1. The summed E-state index contributed by atoms with van der Waals surface area (Å²) in [6, 6.07) is 2.82. The number of ether oxygens (including phenoxy) is 1. The van der Waals surface area contributed by atoms with Gasteiger partial charge in [-0.25, -0.2) is 4.79 Å². The smallest absolute Gasteiger partial charge is 0.410 e. The van der Waals surface area contributed by atoms with Gasteiger partial charge in [-0.2, -0.15) is 5.10 Å². The third-order valence-electron chi connectivity index (χ3n) is 4.59. The molecule has 1 N–H and O–H groups in total. The van der Waals surface area contributed by atoms with Crippen LogP contribution in [0.15, 0.2) is 12.3 Å². The number of piperidine rings is 1. The number of rotatable bonds is 3. The Labute approximate surface area is 131 Å². The first-order chi connectivity index (χ1) is 10.3. The van der Waals surface area contributed by atoms with Crippen molar-refractivity contribution < 1.29 is 9.53 Å². The van der Waals surface area contributed by atoms with Crippen molar-refractivity contribution in [2.75, 3.05) is 13.1 Å². The first-order valence-electron chi connectivity index (χ1n) is 7.98. The second-order valence-electron chi connectivity index (χ2n) is 7.51. The van der Waals surface area contributed by atoms with Crippen molar-refractivity contribution in [2.45, 2.75) is 45.4 Å². The molecule has 2 fully saturated rings. The molecule has 2 aliphatic rings. The molecule has 1 aliphatic heterocycles. The zero-order valence-corrected chi connectivity index (χ0v) is 14.0. The fourth-order valence-corrected chi connectivity index (χ4v) is 3.43. The Balaban J connectivity index is 1.49. The molecule has 0 bridgehead atoms. The third-order valence-corrected chi connectivity index (χ3v) is 4.59. The number of carbonyl (C=O) groups excluding carboxylic acids is 1. The Morgan fingerprint density at radius 1 is 1.41 bits per heavy atom. The average Bonchev–Trinajstić information content (AvgIpc) is 2.82. The normalized spacial score (nSPS) is 28.4. The molecule has 22 heavy (non-hydrogen) atoms. The van der Waals surface area contributed by atoms with Crippen molar-refractivity contribution in [1.29, 1.82) is 0 Å². The van der Waals surface area contributed by atoms with Crippen LogP contribution in [-0.4, -0.2) is 45.5 Å². The highest BCUT2D eigenvalue weighted by atomic mass is 16.6. The molecule has 1 amide bonds. The number of nitrogens with one attached hydrogen (secondary N) is 1. The van der Waals surface area contributed by atoms with Crippen LogP contribution in [-0.2, 0) is 11.8 Å². The minimum atomic E-state index is -0.421. The summed E-state index contributed by atoms with van der Waals surface area (Å²) >= 11 is 0. The average molecular weight is 306 g/mol. The summed E-state index contributed by atoms with van der Waals surface area (Å²) in [5, 5.41) is 7.88. The molecule has 3 unspecified atom stereocenters. The SMILES string of the molecule is CC(NC1C2CN(C(=O)OC(C)(C)C)CC21)c1ccnn1C. The largest absolute Gasteiger partial charge is 0.444 e. The molecule has 0 radical (unpaired) electrons. The predicted octanol–water partition coefficient (Wildman–Crippen LogP) is 1.94. The molecule has 1 aliphatic carbocycles. The van der Waals surface area contributed by atoms with Crippen molar-refractivity contribution >= 4 is 6.09 Å². The number of hydrogen-bond acceptors (Lipinski definition) is 4. The molecule has 1 saturated heterocycles. The second-order valence-corrected chi connectivity index (χ2v) is 7.51. The van der Waals surface area contributed by atoms with Crippen molar-refractivity contribution in [2.24, 2.45) is 18.9 Å². The maximum Gasteiger partial charge on any atom is 0.410 e. The van der Waals surface area contributed by atoms with E-state index in [1.54, 1.807) is 0 Å². The minimum Gasteiger partial charge on any atom is -0.444 e. The quantitative estimate of drug-likeness (QED) is 0.927. The zero-order valence-electron chi connectivity index (χ0n) is 14.0. The van der Waals surface area contributed by atoms with Gasteiger partial charge in [0.1, 0.15) is 5.60 Å². The number of amides is 1. The Morgan fingerprint density at radius 2 is 2.05 bits per heavy atom. The third kappa shape index (κ3) is 2.97. The summed E-state index contributed by atoms with van der Waals surface area (Å²) in [6.07, 6.45) is 1.64. The van der Waals surface area contributed by atoms with Crippen molar-refractivity contribution in [3.63, 3.8) is 0 Å². The van der Waals surface area contributed by atoms with Crippen LogP contribution >= 0.6 is 0 Å². The van der Waals surface area contributed by atoms with Crippen molar-refractivity contribution in [3.05, 3.63) is 18.0 Å². The molecule has 1 saturated carbocycles. The topological polar surface area (TPSA) is 59.4 Å². The van der Waals surface area contributed by atoms with Gasteiger partial charge in [0.15, 0.2) is 0 Å². The molecule has 6 nitrogen and oxygen atoms in total. The van der Waals surface area contributed by atoms with Crippen LogP contribution < -0.4 is 5.32 Å². The molecule has 0 aromatic carbocycles. The van der Waals surface area contributed by atoms with Gasteiger partial charge in [-0.15, -0.1) is 0 Å². The Hall–Kier alpha value is -1.56. The van der Waals surface area contributed by atoms with Gasteiger partial charge < -0.3 is 15.0 Å². The number of carbonyl (C=O) groups is 1. The first-order valence-corrected chi connectivity index (χ1v) is 7.98. The van der Waals surface area contributed by atoms with E-state index >= 15 is 0 Å². The van der Waals surface area contributed by atoms with Crippen molar-refractivity contribution in [1.82, 2.24) is 20.0 Å². The van der Waals surface area contributed by atoms with Crippen LogP contribution in [0, 0.1) is 11.8 Å². The highest BCUT2D eigenvalue weighted by molar-refractivity contribution is 5.69. The zero-order chi connectivity index (χ0) is 16.1. The molecular weight excluding hydrogens is 280 g/mol. The van der Waals surface area contributed by atoms with Crippen LogP contribution in [0.2, 0.25) is 0 Å². The van der Waals surface area contributed by atoms with Gasteiger partial charge in [-0.1, -0.05) is 0 Å². The van der Waals surface area contributed by atoms with E-state index < -0.39 is 5.60 Å². The summed E-state index contributed by atoms with van der Waals surface area (Å²) in [7, 11) is 1.96. The molecule has 2 heterocycles. The van der Waals surface area contributed by atoms with Gasteiger partial charge in [-0.05, 0) is 45.6 Å². The lowest BCUT2D eigenvalue weighted by atomic mass is 10.2. The monoisotopic (exact) mass is 306 g/mol. The Bertz CT molecular complexity index is 551. The van der Waals surface area contributed by atoms with Gasteiger partial charge in [0.2, 0.25) is 0 Å². The summed E-state index contributed by atoms with van der Waals surface area (Å²) in [4.78, 5) is 13.9. The molecule has 3 atom stereocenters. The fourth-order valence-electron chi connectivity index (χ4n) is 3.43. The lowest BCUT2D eigenvalue weighted by molar-refractivity contribution is 0.0268. The van der Waals surface area contributed by atoms with Crippen LogP contribution in [0.1, 0.15) is 39.4 Å². The first kappa shape index (κ1) is 15.3. The number of fused-ring (bicyclic) bond motifs is 1. The molecule has 1 aromatic rings. The van der Waals surface area contributed by atoms with E-state index in [2.05, 4.69) is 17.3 Å². The molecule has 0 spiro atoms. The van der Waals surface area contributed by atoms with Gasteiger partial charge >= 0.3 is 6.09 Å². The standard InChI is InChI=1S/C16H26N4O2/c1-10(13-6-7-17-19(13)5)18-14-11-8-20(9-12(11)14)15(21)22-16(2,3)4/h6-7,10-12,14,18H,8-9H2,1-5H3. The van der Waals surface area contributed by atoms with Gasteiger partial charge in [0, 0.05) is 38.4 Å². The highest BCUT2D eigenvalue weighted by Crippen LogP contribution is 2.46. The number of nitrogens with zero attached hydrogens (tertiary/aromatic N) is 3. The van der Waals surface area contributed by atoms with Crippen LogP contribution in [0.25, 0.3) is 0 Å². The molecule has 6 heteroatoms. The summed E-state index contributed by atoms with van der Waals surface area (Å²) in [6.45, 7) is 9.48. The Morgan fingerprint density at radius 3 is 2.55 bits per heavy atom. The maximum absolute atomic E-state index is 12.1. The number of likely N-dealkylation sites (tertiary alicyclic amines) is 1. The number of aromatic nitrogens is 2. The molecular formula is C16H26N4O2. The summed E-state index contributed by atoms with van der Waals surface area (Å²) < 4.78 is 7.34. The lowest BCUT2D eigenvalue weighted by Gasteiger charge is -2.26. The minimum absolute atomic E-state index is 0.182. The lowest BCUT2D eigenvalue weighted by Crippen LogP contribution is -2.39. The van der Waals surface area contributed by atoms with Gasteiger partial charge in [0.05, 0.1) is 5.69 Å². The second kappa shape index (κ2) is 5.26. The fraction of sp³-hybridized carbons (Fsp3) is 0.750. The van der Waals surface area contributed by atoms with E-state index in [1.165, 1.54) is 5.69 Å². The highest BCUT2D eigenvalue weighted by Gasteiger charge is 2.57. The van der Waals surface area contributed by atoms with E-state index in [0.29, 0.717) is 17.9 Å². The molecule has 122 valence electrons. The van der Waals surface area contributed by atoms with Crippen LogP contribution in [0.5, 0.6) is 0 Å². The van der Waals surface area contributed by atoms with Crippen LogP contribution in [0.3, 0.4) is 0 Å².